The predicted octanol–water partition coefficient (Wildman–Crippen LogP) is 5.96. The molecule has 0 aromatic heterocycles. The van der Waals surface area contributed by atoms with E-state index >= 15 is 0 Å². The molecule has 2 rings (SSSR count). The number of benzene rings is 2. The molecule has 0 aliphatic heterocycles. The Kier molecular flexibility index (Phi) is 4.56. The molecule has 0 aliphatic carbocycles. The van der Waals surface area contributed by atoms with E-state index in [2.05, 4.69) is 5.32 Å². The molecule has 0 amide bonds. The topological polar surface area (TPSA) is 12.0 Å². The second kappa shape index (κ2) is 6.00. The zero-order chi connectivity index (χ0) is 14.0. The first-order valence-electron chi connectivity index (χ1n) is 5.64. The maximum atomic E-state index is 12.9. The molecule has 19 heavy (non-hydrogen) atoms. The fraction of sp³-hybridized carbons (Fsp3) is 0.143. The minimum Gasteiger partial charge on any atom is -0.377 e. The van der Waals surface area contributed by atoms with Crippen LogP contribution < -0.4 is 5.32 Å². The molecule has 0 fully saturated rings. The molecular weight excluding hydrogens is 308 g/mol. The average Bonchev–Trinajstić information content (AvgIpc) is 2.36. The summed E-state index contributed by atoms with van der Waals surface area (Å²) in [4.78, 5) is 0. The van der Waals surface area contributed by atoms with Crippen LogP contribution in [0, 0.1) is 5.82 Å². The van der Waals surface area contributed by atoms with E-state index < -0.39 is 0 Å². The van der Waals surface area contributed by atoms with Gasteiger partial charge in [0.2, 0.25) is 0 Å². The molecular formula is C14H11Cl3FN. The van der Waals surface area contributed by atoms with Crippen molar-refractivity contribution in [2.45, 2.75) is 13.0 Å². The summed E-state index contributed by atoms with van der Waals surface area (Å²) >= 11 is 17.9. The van der Waals surface area contributed by atoms with E-state index in [0.29, 0.717) is 20.8 Å². The van der Waals surface area contributed by atoms with Gasteiger partial charge in [0, 0.05) is 6.04 Å². The summed E-state index contributed by atoms with van der Waals surface area (Å²) < 4.78 is 12.9. The Hall–Kier alpha value is -0.960. The van der Waals surface area contributed by atoms with Crippen molar-refractivity contribution < 1.29 is 4.39 Å². The van der Waals surface area contributed by atoms with Crippen LogP contribution in [0.5, 0.6) is 0 Å². The van der Waals surface area contributed by atoms with E-state index in [1.54, 1.807) is 24.3 Å². The van der Waals surface area contributed by atoms with Crippen LogP contribution in [0.2, 0.25) is 15.1 Å². The van der Waals surface area contributed by atoms with Crippen molar-refractivity contribution in [3.8, 4) is 0 Å². The minimum atomic E-state index is -0.261. The molecule has 0 saturated carbocycles. The van der Waals surface area contributed by atoms with E-state index in [4.69, 9.17) is 34.8 Å². The van der Waals surface area contributed by atoms with Crippen molar-refractivity contribution in [1.29, 1.82) is 0 Å². The first-order chi connectivity index (χ1) is 8.97. The van der Waals surface area contributed by atoms with Gasteiger partial charge in [0.15, 0.2) is 0 Å². The maximum absolute atomic E-state index is 12.9. The highest BCUT2D eigenvalue weighted by Gasteiger charge is 2.10. The predicted molar refractivity (Wildman–Crippen MR) is 79.9 cm³/mol. The van der Waals surface area contributed by atoms with Gasteiger partial charge >= 0.3 is 0 Å². The van der Waals surface area contributed by atoms with Crippen LogP contribution in [0.15, 0.2) is 36.4 Å². The summed E-state index contributed by atoms with van der Waals surface area (Å²) in [6.07, 6.45) is 0. The lowest BCUT2D eigenvalue weighted by Gasteiger charge is -2.17. The van der Waals surface area contributed by atoms with E-state index in [1.165, 1.54) is 12.1 Å². The highest BCUT2D eigenvalue weighted by atomic mass is 35.5. The third kappa shape index (κ3) is 3.53. The Balaban J connectivity index is 2.21. The summed E-state index contributed by atoms with van der Waals surface area (Å²) in [5.41, 5.74) is 1.64. The Morgan fingerprint density at radius 3 is 2.16 bits per heavy atom. The molecule has 5 heteroatoms. The Labute approximate surface area is 126 Å². The van der Waals surface area contributed by atoms with E-state index in [1.807, 2.05) is 6.92 Å². The van der Waals surface area contributed by atoms with Gasteiger partial charge in [-0.1, -0.05) is 46.9 Å². The zero-order valence-electron chi connectivity index (χ0n) is 10.1. The Morgan fingerprint density at radius 1 is 0.947 bits per heavy atom. The third-order valence-electron chi connectivity index (χ3n) is 2.75. The lowest BCUT2D eigenvalue weighted by atomic mass is 10.1. The minimum absolute atomic E-state index is 0.0321. The Bertz CT molecular complexity index is 584. The summed E-state index contributed by atoms with van der Waals surface area (Å²) in [7, 11) is 0. The summed E-state index contributed by atoms with van der Waals surface area (Å²) in [5.74, 6) is -0.261. The van der Waals surface area contributed by atoms with Crippen molar-refractivity contribution in [2.24, 2.45) is 0 Å². The number of hydrogen-bond donors (Lipinski definition) is 1. The SMILES string of the molecule is CC(Nc1cc(Cl)c(Cl)cc1Cl)c1ccc(F)cc1. The number of hydrogen-bond acceptors (Lipinski definition) is 1. The molecule has 1 atom stereocenters. The van der Waals surface area contributed by atoms with Crippen LogP contribution in [0.3, 0.4) is 0 Å². The van der Waals surface area contributed by atoms with E-state index in [-0.39, 0.29) is 11.9 Å². The summed E-state index contributed by atoms with van der Waals surface area (Å²) in [6.45, 7) is 1.95. The van der Waals surface area contributed by atoms with Crippen molar-refractivity contribution >= 4 is 40.5 Å². The fourth-order valence-corrected chi connectivity index (χ4v) is 2.30. The molecule has 100 valence electrons. The smallest absolute Gasteiger partial charge is 0.123 e. The van der Waals surface area contributed by atoms with Crippen LogP contribution in [-0.4, -0.2) is 0 Å². The van der Waals surface area contributed by atoms with Gasteiger partial charge in [0.25, 0.3) is 0 Å². The standard InChI is InChI=1S/C14H11Cl3FN/c1-8(9-2-4-10(18)5-3-9)19-14-7-12(16)11(15)6-13(14)17/h2-8,19H,1H3. The molecule has 0 saturated heterocycles. The third-order valence-corrected chi connectivity index (χ3v) is 3.79. The van der Waals surface area contributed by atoms with Gasteiger partial charge in [-0.25, -0.2) is 4.39 Å². The molecule has 0 bridgehead atoms. The molecule has 2 aromatic carbocycles. The number of halogens is 4. The zero-order valence-corrected chi connectivity index (χ0v) is 12.3. The molecule has 0 radical (unpaired) electrons. The molecule has 1 nitrogen and oxygen atoms in total. The van der Waals surface area contributed by atoms with Gasteiger partial charge in [-0.15, -0.1) is 0 Å². The van der Waals surface area contributed by atoms with Gasteiger partial charge in [0.1, 0.15) is 5.82 Å². The van der Waals surface area contributed by atoms with Crippen molar-refractivity contribution in [3.63, 3.8) is 0 Å². The highest BCUT2D eigenvalue weighted by molar-refractivity contribution is 6.44. The normalized spacial score (nSPS) is 12.3. The largest absolute Gasteiger partial charge is 0.377 e. The van der Waals surface area contributed by atoms with Crippen molar-refractivity contribution in [2.75, 3.05) is 5.32 Å². The average molecular weight is 319 g/mol. The van der Waals surface area contributed by atoms with Crippen LogP contribution in [0.4, 0.5) is 10.1 Å². The first kappa shape index (κ1) is 14.4. The van der Waals surface area contributed by atoms with Crippen LogP contribution in [-0.2, 0) is 0 Å². The van der Waals surface area contributed by atoms with Gasteiger partial charge in [-0.05, 0) is 36.8 Å². The monoisotopic (exact) mass is 317 g/mol. The lowest BCUT2D eigenvalue weighted by molar-refractivity contribution is 0.626. The van der Waals surface area contributed by atoms with Crippen molar-refractivity contribution in [3.05, 3.63) is 62.8 Å². The molecule has 2 aromatic rings. The maximum Gasteiger partial charge on any atom is 0.123 e. The van der Waals surface area contributed by atoms with Crippen LogP contribution in [0.25, 0.3) is 0 Å². The molecule has 0 spiro atoms. The summed E-state index contributed by atoms with van der Waals surface area (Å²) in [6, 6.07) is 9.51. The molecule has 0 aliphatic rings. The number of rotatable bonds is 3. The van der Waals surface area contributed by atoms with Crippen molar-refractivity contribution in [1.82, 2.24) is 0 Å². The molecule has 1 unspecified atom stereocenters. The molecule has 0 heterocycles. The fourth-order valence-electron chi connectivity index (χ4n) is 1.70. The van der Waals surface area contributed by atoms with E-state index in [9.17, 15) is 4.39 Å². The molecule has 1 N–H and O–H groups in total. The summed E-state index contributed by atoms with van der Waals surface area (Å²) in [5, 5.41) is 4.55. The lowest BCUT2D eigenvalue weighted by Crippen LogP contribution is -2.07. The van der Waals surface area contributed by atoms with E-state index in [0.717, 1.165) is 5.56 Å². The Morgan fingerprint density at radius 2 is 1.53 bits per heavy atom. The van der Waals surface area contributed by atoms with Gasteiger partial charge in [-0.3, -0.25) is 0 Å². The van der Waals surface area contributed by atoms with Crippen LogP contribution >= 0.6 is 34.8 Å². The van der Waals surface area contributed by atoms with Gasteiger partial charge in [-0.2, -0.15) is 0 Å². The first-order valence-corrected chi connectivity index (χ1v) is 6.77. The van der Waals surface area contributed by atoms with Crippen LogP contribution in [0.1, 0.15) is 18.5 Å². The number of nitrogens with one attached hydrogen (secondary N) is 1. The van der Waals surface area contributed by atoms with Gasteiger partial charge in [0.05, 0.1) is 20.8 Å². The second-order valence-corrected chi connectivity index (χ2v) is 5.39. The van der Waals surface area contributed by atoms with Gasteiger partial charge < -0.3 is 5.32 Å². The number of anilines is 1. The second-order valence-electron chi connectivity index (χ2n) is 4.16. The quantitative estimate of drug-likeness (QED) is 0.689. The highest BCUT2D eigenvalue weighted by Crippen LogP contribution is 2.34.